The highest BCUT2D eigenvalue weighted by Gasteiger charge is 2.22. The molecule has 1 aliphatic heterocycles. The van der Waals surface area contributed by atoms with Crippen LogP contribution in [-0.4, -0.2) is 50.1 Å². The van der Waals surface area contributed by atoms with Crippen LogP contribution in [-0.2, 0) is 0 Å². The van der Waals surface area contributed by atoms with Crippen LogP contribution in [0.15, 0.2) is 4.99 Å². The predicted octanol–water partition coefficient (Wildman–Crippen LogP) is 1.66. The van der Waals surface area contributed by atoms with Crippen molar-refractivity contribution < 1.29 is 0 Å². The van der Waals surface area contributed by atoms with E-state index in [9.17, 15) is 0 Å². The van der Waals surface area contributed by atoms with Crippen LogP contribution in [0.2, 0.25) is 0 Å². The number of rotatable bonds is 5. The van der Waals surface area contributed by atoms with Gasteiger partial charge in [-0.1, -0.05) is 0 Å². The van der Waals surface area contributed by atoms with Gasteiger partial charge in [-0.3, -0.25) is 4.99 Å². The number of nitrogens with one attached hydrogen (secondary N) is 2. The smallest absolute Gasteiger partial charge is 0.191 e. The predicted molar refractivity (Wildman–Crippen MR) is 87.8 cm³/mol. The minimum atomic E-state index is 0. The molecule has 1 saturated carbocycles. The molecule has 0 radical (unpaired) electrons. The van der Waals surface area contributed by atoms with Crippen molar-refractivity contribution in [3.05, 3.63) is 0 Å². The Bertz CT molecular complexity index is 266. The van der Waals surface area contributed by atoms with Gasteiger partial charge in [-0.25, -0.2) is 0 Å². The Hall–Kier alpha value is -0.0400. The van der Waals surface area contributed by atoms with Gasteiger partial charge >= 0.3 is 0 Å². The van der Waals surface area contributed by atoms with Crippen molar-refractivity contribution in [2.24, 2.45) is 10.9 Å². The van der Waals surface area contributed by atoms with Gasteiger partial charge in [0.15, 0.2) is 5.96 Å². The quantitative estimate of drug-likeness (QED) is 0.442. The third-order valence-electron chi connectivity index (χ3n) is 3.73. The van der Waals surface area contributed by atoms with Crippen LogP contribution in [0.4, 0.5) is 0 Å². The topological polar surface area (TPSA) is 39.7 Å². The summed E-state index contributed by atoms with van der Waals surface area (Å²) in [4.78, 5) is 7.08. The Morgan fingerprint density at radius 2 is 2.06 bits per heavy atom. The zero-order valence-electron chi connectivity index (χ0n) is 11.6. The summed E-state index contributed by atoms with van der Waals surface area (Å²) in [5, 5.41) is 6.80. The van der Waals surface area contributed by atoms with Crippen LogP contribution in [0, 0.1) is 5.92 Å². The fraction of sp³-hybridized carbons (Fsp3) is 0.923. The molecular formula is C13H27IN4. The van der Waals surface area contributed by atoms with Crippen LogP contribution in [0.5, 0.6) is 0 Å². The maximum absolute atomic E-state index is 4.64. The van der Waals surface area contributed by atoms with Crippen molar-refractivity contribution >= 4 is 29.9 Å². The van der Waals surface area contributed by atoms with E-state index in [0.717, 1.165) is 31.5 Å². The van der Waals surface area contributed by atoms with Gasteiger partial charge in [0.05, 0.1) is 0 Å². The normalized spacial score (nSPS) is 24.8. The van der Waals surface area contributed by atoms with E-state index >= 15 is 0 Å². The van der Waals surface area contributed by atoms with Gasteiger partial charge in [0.1, 0.15) is 0 Å². The highest BCUT2D eigenvalue weighted by Crippen LogP contribution is 2.28. The van der Waals surface area contributed by atoms with E-state index in [1.54, 1.807) is 0 Å². The number of likely N-dealkylation sites (N-methyl/N-ethyl adjacent to an activating group) is 1. The van der Waals surface area contributed by atoms with Gasteiger partial charge < -0.3 is 15.5 Å². The van der Waals surface area contributed by atoms with Crippen LogP contribution >= 0.6 is 24.0 Å². The molecule has 2 aliphatic rings. The Kier molecular flexibility index (Phi) is 7.29. The highest BCUT2D eigenvalue weighted by atomic mass is 127. The van der Waals surface area contributed by atoms with Gasteiger partial charge in [-0.05, 0) is 52.1 Å². The lowest BCUT2D eigenvalue weighted by molar-refractivity contribution is 0.309. The van der Waals surface area contributed by atoms with Crippen molar-refractivity contribution in [3.63, 3.8) is 0 Å². The Labute approximate surface area is 128 Å². The summed E-state index contributed by atoms with van der Waals surface area (Å²) in [6, 6.07) is 0.680. The second kappa shape index (κ2) is 8.19. The maximum atomic E-state index is 4.64. The number of guanidine groups is 1. The molecule has 0 aromatic rings. The van der Waals surface area contributed by atoms with E-state index in [4.69, 9.17) is 0 Å². The first-order valence-corrected chi connectivity index (χ1v) is 7.02. The van der Waals surface area contributed by atoms with Gasteiger partial charge in [-0.15, -0.1) is 24.0 Å². The molecule has 0 aromatic carbocycles. The van der Waals surface area contributed by atoms with Gasteiger partial charge in [0, 0.05) is 25.7 Å². The SMILES string of the molecule is CCNC(=NCC1CC1)NCC1CCCN1C.I. The van der Waals surface area contributed by atoms with E-state index in [-0.39, 0.29) is 24.0 Å². The minimum absolute atomic E-state index is 0. The lowest BCUT2D eigenvalue weighted by Gasteiger charge is -2.21. The number of hydrogen-bond acceptors (Lipinski definition) is 2. The van der Waals surface area contributed by atoms with Gasteiger partial charge in [0.25, 0.3) is 0 Å². The first-order valence-electron chi connectivity index (χ1n) is 7.02. The minimum Gasteiger partial charge on any atom is -0.357 e. The number of halogens is 1. The zero-order chi connectivity index (χ0) is 12.1. The van der Waals surface area contributed by atoms with E-state index in [1.807, 2.05) is 0 Å². The molecule has 0 spiro atoms. The molecular weight excluding hydrogens is 339 g/mol. The van der Waals surface area contributed by atoms with Crippen LogP contribution in [0.25, 0.3) is 0 Å². The molecule has 1 unspecified atom stereocenters. The summed E-state index contributed by atoms with van der Waals surface area (Å²) in [7, 11) is 2.22. The van der Waals surface area contributed by atoms with Crippen molar-refractivity contribution in [1.82, 2.24) is 15.5 Å². The molecule has 1 heterocycles. The molecule has 1 saturated heterocycles. The van der Waals surface area contributed by atoms with Crippen molar-refractivity contribution in [2.45, 2.75) is 38.6 Å². The van der Waals surface area contributed by atoms with E-state index in [1.165, 1.54) is 32.2 Å². The third-order valence-corrected chi connectivity index (χ3v) is 3.73. The average Bonchev–Trinajstić information content (AvgIpc) is 3.06. The second-order valence-electron chi connectivity index (χ2n) is 5.32. The number of hydrogen-bond donors (Lipinski definition) is 2. The zero-order valence-corrected chi connectivity index (χ0v) is 13.9. The first kappa shape index (κ1) is 16.0. The summed E-state index contributed by atoms with van der Waals surface area (Å²) >= 11 is 0. The molecule has 4 nitrogen and oxygen atoms in total. The fourth-order valence-corrected chi connectivity index (χ4v) is 2.31. The molecule has 1 aliphatic carbocycles. The molecule has 0 amide bonds. The summed E-state index contributed by atoms with van der Waals surface area (Å²) in [6.45, 7) is 6.32. The lowest BCUT2D eigenvalue weighted by Crippen LogP contribution is -2.44. The summed E-state index contributed by atoms with van der Waals surface area (Å²) in [5.74, 6) is 1.86. The standard InChI is InChI=1S/C13H26N4.HI/c1-3-14-13(15-9-11-6-7-11)16-10-12-5-4-8-17(12)2;/h11-12H,3-10H2,1-2H3,(H2,14,15,16);1H. The Morgan fingerprint density at radius 1 is 1.28 bits per heavy atom. The van der Waals surface area contributed by atoms with Crippen molar-refractivity contribution in [3.8, 4) is 0 Å². The first-order chi connectivity index (χ1) is 8.29. The molecule has 5 heteroatoms. The lowest BCUT2D eigenvalue weighted by atomic mass is 10.2. The van der Waals surface area contributed by atoms with E-state index < -0.39 is 0 Å². The van der Waals surface area contributed by atoms with E-state index in [0.29, 0.717) is 6.04 Å². The Balaban J connectivity index is 0.00000162. The molecule has 2 fully saturated rings. The third kappa shape index (κ3) is 5.30. The largest absolute Gasteiger partial charge is 0.357 e. The summed E-state index contributed by atoms with van der Waals surface area (Å²) in [6.07, 6.45) is 5.38. The number of aliphatic imine (C=N–C) groups is 1. The maximum Gasteiger partial charge on any atom is 0.191 e. The van der Waals surface area contributed by atoms with Crippen LogP contribution in [0.1, 0.15) is 32.6 Å². The number of nitrogens with zero attached hydrogens (tertiary/aromatic N) is 2. The Morgan fingerprint density at radius 3 is 2.61 bits per heavy atom. The van der Waals surface area contributed by atoms with Crippen LogP contribution in [0.3, 0.4) is 0 Å². The molecule has 0 aromatic heterocycles. The fourth-order valence-electron chi connectivity index (χ4n) is 2.31. The molecule has 0 bridgehead atoms. The molecule has 1 atom stereocenters. The monoisotopic (exact) mass is 366 g/mol. The molecule has 106 valence electrons. The van der Waals surface area contributed by atoms with Crippen molar-refractivity contribution in [2.75, 3.05) is 33.2 Å². The number of likely N-dealkylation sites (tertiary alicyclic amines) is 1. The van der Waals surface area contributed by atoms with Gasteiger partial charge in [0.2, 0.25) is 0 Å². The van der Waals surface area contributed by atoms with Crippen LogP contribution < -0.4 is 10.6 Å². The van der Waals surface area contributed by atoms with E-state index in [2.05, 4.69) is 34.5 Å². The molecule has 2 N–H and O–H groups in total. The average molecular weight is 366 g/mol. The highest BCUT2D eigenvalue weighted by molar-refractivity contribution is 14.0. The summed E-state index contributed by atoms with van der Waals surface area (Å²) in [5.41, 5.74) is 0. The molecule has 18 heavy (non-hydrogen) atoms. The summed E-state index contributed by atoms with van der Waals surface area (Å²) < 4.78 is 0. The molecule has 2 rings (SSSR count). The van der Waals surface area contributed by atoms with Crippen molar-refractivity contribution in [1.29, 1.82) is 0 Å². The second-order valence-corrected chi connectivity index (χ2v) is 5.32. The van der Waals surface area contributed by atoms with Gasteiger partial charge in [-0.2, -0.15) is 0 Å².